The summed E-state index contributed by atoms with van der Waals surface area (Å²) in [5, 5.41) is 3.76. The van der Waals surface area contributed by atoms with Gasteiger partial charge in [0.2, 0.25) is 0 Å². The maximum absolute atomic E-state index is 6.28. The van der Waals surface area contributed by atoms with E-state index in [2.05, 4.69) is 17.1 Å². The molecule has 1 aliphatic carbocycles. The summed E-state index contributed by atoms with van der Waals surface area (Å²) in [5.74, 6) is 2.53. The fourth-order valence-corrected chi connectivity index (χ4v) is 4.54. The molecule has 0 aromatic carbocycles. The van der Waals surface area contributed by atoms with Crippen molar-refractivity contribution in [3.63, 3.8) is 0 Å². The molecule has 1 N–H and O–H groups in total. The highest BCUT2D eigenvalue weighted by atomic mass is 32.2. The SMILES string of the molecule is C1CCC2(CC1)CNC1(CCSCC1)OC2. The van der Waals surface area contributed by atoms with Crippen molar-refractivity contribution in [3.05, 3.63) is 0 Å². The van der Waals surface area contributed by atoms with Gasteiger partial charge in [0.25, 0.3) is 0 Å². The Morgan fingerprint density at radius 2 is 1.69 bits per heavy atom. The molecule has 92 valence electrons. The molecule has 2 spiro atoms. The van der Waals surface area contributed by atoms with E-state index < -0.39 is 0 Å². The van der Waals surface area contributed by atoms with E-state index in [9.17, 15) is 0 Å². The number of rotatable bonds is 0. The van der Waals surface area contributed by atoms with Crippen LogP contribution in [0.2, 0.25) is 0 Å². The molecule has 0 bridgehead atoms. The lowest BCUT2D eigenvalue weighted by Crippen LogP contribution is -2.60. The van der Waals surface area contributed by atoms with E-state index >= 15 is 0 Å². The first-order valence-corrected chi connectivity index (χ1v) is 7.95. The van der Waals surface area contributed by atoms with E-state index in [-0.39, 0.29) is 5.72 Å². The fourth-order valence-electron chi connectivity index (χ4n) is 3.39. The number of nitrogens with one attached hydrogen (secondary N) is 1. The van der Waals surface area contributed by atoms with Crippen LogP contribution in [0.3, 0.4) is 0 Å². The molecule has 2 aliphatic heterocycles. The fraction of sp³-hybridized carbons (Fsp3) is 1.00. The largest absolute Gasteiger partial charge is 0.360 e. The van der Waals surface area contributed by atoms with Crippen LogP contribution in [0.25, 0.3) is 0 Å². The normalized spacial score (nSPS) is 33.0. The van der Waals surface area contributed by atoms with Crippen LogP contribution >= 0.6 is 11.8 Å². The average molecular weight is 241 g/mol. The molecular weight excluding hydrogens is 218 g/mol. The first-order chi connectivity index (χ1) is 7.83. The van der Waals surface area contributed by atoms with E-state index in [0.717, 1.165) is 6.61 Å². The monoisotopic (exact) mass is 241 g/mol. The van der Waals surface area contributed by atoms with Crippen molar-refractivity contribution >= 4 is 11.8 Å². The van der Waals surface area contributed by atoms with E-state index in [0.29, 0.717) is 5.41 Å². The van der Waals surface area contributed by atoms with Crippen molar-refractivity contribution in [1.82, 2.24) is 5.32 Å². The molecule has 3 heteroatoms. The quantitative estimate of drug-likeness (QED) is 0.704. The van der Waals surface area contributed by atoms with Gasteiger partial charge in [-0.1, -0.05) is 19.3 Å². The highest BCUT2D eigenvalue weighted by Crippen LogP contribution is 2.42. The van der Waals surface area contributed by atoms with Crippen LogP contribution in [0.15, 0.2) is 0 Å². The van der Waals surface area contributed by atoms with Crippen LogP contribution < -0.4 is 5.32 Å². The first kappa shape index (κ1) is 11.4. The Bertz CT molecular complexity index is 206. The maximum Gasteiger partial charge on any atom is 0.120 e. The molecule has 0 unspecified atom stereocenters. The molecule has 0 radical (unpaired) electrons. The molecule has 1 saturated carbocycles. The summed E-state index contributed by atoms with van der Waals surface area (Å²) in [7, 11) is 0. The highest BCUT2D eigenvalue weighted by molar-refractivity contribution is 7.99. The van der Waals surface area contributed by atoms with Gasteiger partial charge in [-0.3, -0.25) is 5.32 Å². The predicted molar refractivity (Wildman–Crippen MR) is 68.8 cm³/mol. The smallest absolute Gasteiger partial charge is 0.120 e. The average Bonchev–Trinajstić information content (AvgIpc) is 2.36. The van der Waals surface area contributed by atoms with Gasteiger partial charge in [0, 0.05) is 12.0 Å². The molecule has 0 atom stereocenters. The summed E-state index contributed by atoms with van der Waals surface area (Å²) < 4.78 is 6.28. The second-order valence-electron chi connectivity index (χ2n) is 5.81. The Labute approximate surface area is 103 Å². The molecule has 2 heterocycles. The van der Waals surface area contributed by atoms with Crippen LogP contribution in [-0.4, -0.2) is 30.4 Å². The van der Waals surface area contributed by atoms with Gasteiger partial charge in [0.1, 0.15) is 5.72 Å². The number of ether oxygens (including phenoxy) is 1. The Kier molecular flexibility index (Phi) is 3.20. The van der Waals surface area contributed by atoms with E-state index in [1.165, 1.54) is 63.0 Å². The van der Waals surface area contributed by atoms with Gasteiger partial charge in [-0.05, 0) is 37.2 Å². The summed E-state index contributed by atoms with van der Waals surface area (Å²) >= 11 is 2.07. The first-order valence-electron chi connectivity index (χ1n) is 6.80. The van der Waals surface area contributed by atoms with E-state index in [1.54, 1.807) is 0 Å². The molecule has 2 saturated heterocycles. The van der Waals surface area contributed by atoms with Crippen LogP contribution in [0, 0.1) is 5.41 Å². The van der Waals surface area contributed by atoms with Gasteiger partial charge in [0.05, 0.1) is 6.61 Å². The molecule has 16 heavy (non-hydrogen) atoms. The molecule has 0 aromatic rings. The van der Waals surface area contributed by atoms with Gasteiger partial charge in [0.15, 0.2) is 0 Å². The van der Waals surface area contributed by atoms with Gasteiger partial charge >= 0.3 is 0 Å². The minimum atomic E-state index is 0.0634. The van der Waals surface area contributed by atoms with Gasteiger partial charge in [-0.2, -0.15) is 11.8 Å². The zero-order valence-electron chi connectivity index (χ0n) is 10.1. The predicted octanol–water partition coefficient (Wildman–Crippen LogP) is 2.78. The number of hydrogen-bond donors (Lipinski definition) is 1. The molecule has 0 aromatic heterocycles. The molecule has 3 fully saturated rings. The van der Waals surface area contributed by atoms with E-state index in [4.69, 9.17) is 4.74 Å². The lowest BCUT2D eigenvalue weighted by molar-refractivity contribution is -0.156. The van der Waals surface area contributed by atoms with Gasteiger partial charge in [-0.25, -0.2) is 0 Å². The van der Waals surface area contributed by atoms with Crippen molar-refractivity contribution in [2.75, 3.05) is 24.7 Å². The second-order valence-corrected chi connectivity index (χ2v) is 7.03. The van der Waals surface area contributed by atoms with Gasteiger partial charge in [-0.15, -0.1) is 0 Å². The Morgan fingerprint density at radius 1 is 0.938 bits per heavy atom. The Morgan fingerprint density at radius 3 is 2.31 bits per heavy atom. The van der Waals surface area contributed by atoms with Crippen molar-refractivity contribution < 1.29 is 4.74 Å². The highest BCUT2D eigenvalue weighted by Gasteiger charge is 2.44. The lowest BCUT2D eigenvalue weighted by Gasteiger charge is -2.50. The third-order valence-electron chi connectivity index (χ3n) is 4.65. The Balaban J connectivity index is 1.61. The minimum Gasteiger partial charge on any atom is -0.360 e. The van der Waals surface area contributed by atoms with Gasteiger partial charge < -0.3 is 4.74 Å². The molecule has 0 amide bonds. The Hall–Kier alpha value is 0.270. The molecule has 3 aliphatic rings. The molecule has 3 rings (SSSR count). The number of hydrogen-bond acceptors (Lipinski definition) is 3. The minimum absolute atomic E-state index is 0.0634. The van der Waals surface area contributed by atoms with Crippen molar-refractivity contribution in [2.45, 2.75) is 50.7 Å². The summed E-state index contributed by atoms with van der Waals surface area (Å²) in [5.41, 5.74) is 0.558. The number of thioether (sulfide) groups is 1. The lowest BCUT2D eigenvalue weighted by atomic mass is 9.73. The third kappa shape index (κ3) is 2.14. The van der Waals surface area contributed by atoms with Crippen LogP contribution in [0.5, 0.6) is 0 Å². The summed E-state index contributed by atoms with van der Waals surface area (Å²) in [4.78, 5) is 0. The summed E-state index contributed by atoms with van der Waals surface area (Å²) in [6, 6.07) is 0. The van der Waals surface area contributed by atoms with Crippen LogP contribution in [0.4, 0.5) is 0 Å². The summed E-state index contributed by atoms with van der Waals surface area (Å²) in [6.07, 6.45) is 9.42. The third-order valence-corrected chi connectivity index (χ3v) is 5.64. The zero-order chi connectivity index (χ0) is 10.9. The van der Waals surface area contributed by atoms with Crippen molar-refractivity contribution in [1.29, 1.82) is 0 Å². The second kappa shape index (κ2) is 4.51. The standard InChI is InChI=1S/C13H23NOS/c1-2-4-12(5-3-1)10-14-13(15-11-12)6-8-16-9-7-13/h14H,1-11H2. The summed E-state index contributed by atoms with van der Waals surface area (Å²) in [6.45, 7) is 2.22. The van der Waals surface area contributed by atoms with E-state index in [1.807, 2.05) is 0 Å². The topological polar surface area (TPSA) is 21.3 Å². The van der Waals surface area contributed by atoms with Crippen molar-refractivity contribution in [2.24, 2.45) is 5.41 Å². The molecule has 2 nitrogen and oxygen atoms in total. The van der Waals surface area contributed by atoms with Crippen LogP contribution in [-0.2, 0) is 4.74 Å². The van der Waals surface area contributed by atoms with Crippen LogP contribution in [0.1, 0.15) is 44.9 Å². The van der Waals surface area contributed by atoms with Crippen molar-refractivity contribution in [3.8, 4) is 0 Å². The molecular formula is C13H23NOS. The maximum atomic E-state index is 6.28. The zero-order valence-corrected chi connectivity index (χ0v) is 10.9.